The van der Waals surface area contributed by atoms with Crippen LogP contribution < -0.4 is 15.1 Å². The lowest BCUT2D eigenvalue weighted by atomic mass is 10.1. The summed E-state index contributed by atoms with van der Waals surface area (Å²) >= 11 is 0. The van der Waals surface area contributed by atoms with Crippen LogP contribution in [0, 0.1) is 6.92 Å². The first-order valence-electron chi connectivity index (χ1n) is 9.56. The van der Waals surface area contributed by atoms with Crippen molar-refractivity contribution in [2.75, 3.05) is 37.0 Å². The summed E-state index contributed by atoms with van der Waals surface area (Å²) in [6.07, 6.45) is 12.2. The molecule has 3 rings (SSSR count). The van der Waals surface area contributed by atoms with Crippen LogP contribution in [0.2, 0.25) is 0 Å². The number of fused-ring (bicyclic) bond motifs is 1. The monoisotopic (exact) mass is 363 g/mol. The molecule has 0 atom stereocenters. The van der Waals surface area contributed by atoms with E-state index < -0.39 is 0 Å². The molecule has 1 N–H and O–H groups in total. The van der Waals surface area contributed by atoms with Crippen LogP contribution >= 0.6 is 0 Å². The van der Waals surface area contributed by atoms with E-state index in [4.69, 9.17) is 4.98 Å². The highest BCUT2D eigenvalue weighted by molar-refractivity contribution is 5.74. The summed E-state index contributed by atoms with van der Waals surface area (Å²) in [7, 11) is 4.11. The molecular weight excluding hydrogens is 334 g/mol. The summed E-state index contributed by atoms with van der Waals surface area (Å²) in [5, 5.41) is 3.34. The van der Waals surface area contributed by atoms with Gasteiger partial charge in [-0.2, -0.15) is 0 Å². The Bertz CT molecular complexity index is 840. The predicted molar refractivity (Wildman–Crippen MR) is 114 cm³/mol. The molecule has 5 heteroatoms. The fourth-order valence-electron chi connectivity index (χ4n) is 3.37. The third kappa shape index (κ3) is 4.30. The van der Waals surface area contributed by atoms with E-state index in [0.29, 0.717) is 0 Å². The van der Waals surface area contributed by atoms with Crippen LogP contribution in [0.1, 0.15) is 25.3 Å². The maximum absolute atomic E-state index is 5.07. The highest BCUT2D eigenvalue weighted by Crippen LogP contribution is 2.33. The van der Waals surface area contributed by atoms with Gasteiger partial charge in [0, 0.05) is 45.1 Å². The number of nitrogens with zero attached hydrogens (tertiary/aromatic N) is 4. The SMILES string of the molecule is C/C=C\C=C(/NC)N1CCCCN(C)c2ccc(-c3cncc(C)c3)nc21. The van der Waals surface area contributed by atoms with Crippen LogP contribution in [-0.2, 0) is 0 Å². The van der Waals surface area contributed by atoms with Gasteiger partial charge < -0.3 is 15.1 Å². The van der Waals surface area contributed by atoms with Crippen molar-refractivity contribution in [2.45, 2.75) is 26.7 Å². The number of rotatable bonds is 4. The molecule has 0 fully saturated rings. The lowest BCUT2D eigenvalue weighted by Crippen LogP contribution is -2.35. The largest absolute Gasteiger partial charge is 0.375 e. The molecule has 2 aromatic heterocycles. The molecule has 1 aliphatic rings. The zero-order chi connectivity index (χ0) is 19.2. The molecule has 27 heavy (non-hydrogen) atoms. The molecule has 0 saturated heterocycles. The topological polar surface area (TPSA) is 44.3 Å². The lowest BCUT2D eigenvalue weighted by molar-refractivity contribution is 0.672. The molecule has 142 valence electrons. The average Bonchev–Trinajstić information content (AvgIpc) is 2.68. The lowest BCUT2D eigenvalue weighted by Gasteiger charge is -2.33. The van der Waals surface area contributed by atoms with Gasteiger partial charge in [-0.25, -0.2) is 4.98 Å². The number of aromatic nitrogens is 2. The van der Waals surface area contributed by atoms with Gasteiger partial charge in [0.1, 0.15) is 5.82 Å². The molecule has 3 heterocycles. The summed E-state index contributed by atoms with van der Waals surface area (Å²) in [6, 6.07) is 6.41. The summed E-state index contributed by atoms with van der Waals surface area (Å²) in [5.74, 6) is 2.04. The summed E-state index contributed by atoms with van der Waals surface area (Å²) in [4.78, 5) is 14.0. The van der Waals surface area contributed by atoms with Crippen molar-refractivity contribution in [3.05, 3.63) is 60.2 Å². The second kappa shape index (κ2) is 8.71. The fraction of sp³-hybridized carbons (Fsp3) is 0.364. The van der Waals surface area contributed by atoms with Gasteiger partial charge in [-0.1, -0.05) is 12.2 Å². The van der Waals surface area contributed by atoms with Crippen LogP contribution in [0.15, 0.2) is 54.6 Å². The second-order valence-corrected chi connectivity index (χ2v) is 6.90. The minimum absolute atomic E-state index is 0.938. The van der Waals surface area contributed by atoms with Gasteiger partial charge in [-0.15, -0.1) is 0 Å². The summed E-state index contributed by atoms with van der Waals surface area (Å²) in [6.45, 7) is 6.07. The minimum atomic E-state index is 0.938. The zero-order valence-corrected chi connectivity index (χ0v) is 16.7. The van der Waals surface area contributed by atoms with Crippen molar-refractivity contribution in [1.82, 2.24) is 15.3 Å². The van der Waals surface area contributed by atoms with Gasteiger partial charge in [0.2, 0.25) is 0 Å². The minimum Gasteiger partial charge on any atom is -0.375 e. The van der Waals surface area contributed by atoms with E-state index in [1.165, 1.54) is 0 Å². The van der Waals surface area contributed by atoms with E-state index in [-0.39, 0.29) is 0 Å². The molecule has 0 spiro atoms. The van der Waals surface area contributed by atoms with E-state index in [2.05, 4.69) is 64.4 Å². The van der Waals surface area contributed by atoms with E-state index in [0.717, 1.165) is 60.1 Å². The Morgan fingerprint density at radius 2 is 2.00 bits per heavy atom. The smallest absolute Gasteiger partial charge is 0.158 e. The molecule has 0 unspecified atom stereocenters. The Labute approximate surface area is 162 Å². The number of hydrogen-bond donors (Lipinski definition) is 1. The molecule has 5 nitrogen and oxygen atoms in total. The zero-order valence-electron chi connectivity index (χ0n) is 16.7. The number of hydrogen-bond acceptors (Lipinski definition) is 5. The van der Waals surface area contributed by atoms with Crippen LogP contribution in [0.5, 0.6) is 0 Å². The molecule has 0 amide bonds. The van der Waals surface area contributed by atoms with Crippen LogP contribution in [0.3, 0.4) is 0 Å². The Hall–Kier alpha value is -2.82. The van der Waals surface area contributed by atoms with E-state index in [1.807, 2.05) is 32.4 Å². The van der Waals surface area contributed by atoms with Gasteiger partial charge in [0.05, 0.1) is 11.4 Å². The first kappa shape index (κ1) is 19.0. The van der Waals surface area contributed by atoms with E-state index in [9.17, 15) is 0 Å². The van der Waals surface area contributed by atoms with Gasteiger partial charge in [0.25, 0.3) is 0 Å². The van der Waals surface area contributed by atoms with Gasteiger partial charge >= 0.3 is 0 Å². The molecule has 0 aromatic carbocycles. The van der Waals surface area contributed by atoms with Crippen LogP contribution in [0.25, 0.3) is 11.3 Å². The number of allylic oxidation sites excluding steroid dienone is 3. The van der Waals surface area contributed by atoms with Gasteiger partial charge in [-0.05, 0) is 56.5 Å². The molecule has 1 aliphatic heterocycles. The van der Waals surface area contributed by atoms with Crippen molar-refractivity contribution in [2.24, 2.45) is 0 Å². The average molecular weight is 364 g/mol. The van der Waals surface area contributed by atoms with Gasteiger partial charge in [-0.3, -0.25) is 4.98 Å². The number of anilines is 2. The number of aryl methyl sites for hydroxylation is 1. The van der Waals surface area contributed by atoms with Crippen molar-refractivity contribution < 1.29 is 0 Å². The molecular formula is C22H29N5. The Morgan fingerprint density at radius 3 is 2.74 bits per heavy atom. The molecule has 0 aliphatic carbocycles. The first-order chi connectivity index (χ1) is 13.1. The number of nitrogens with one attached hydrogen (secondary N) is 1. The van der Waals surface area contributed by atoms with Crippen molar-refractivity contribution in [3.63, 3.8) is 0 Å². The van der Waals surface area contributed by atoms with Crippen molar-refractivity contribution in [3.8, 4) is 11.3 Å². The molecule has 0 saturated carbocycles. The maximum atomic E-state index is 5.07. The standard InChI is InChI=1S/C22H29N5/c1-5-6-9-21(23-3)27-13-8-7-12-26(4)20-11-10-19(25-22(20)27)18-14-17(2)15-24-16-18/h5-6,9-11,14-16,23H,7-8,12-13H2,1-4H3/b6-5-,21-9+. The highest BCUT2D eigenvalue weighted by atomic mass is 15.3. The molecule has 0 bridgehead atoms. The quantitative estimate of drug-likeness (QED) is 0.828. The summed E-state index contributed by atoms with van der Waals surface area (Å²) in [5.41, 5.74) is 4.29. The third-order valence-electron chi connectivity index (χ3n) is 4.81. The van der Waals surface area contributed by atoms with E-state index >= 15 is 0 Å². The van der Waals surface area contributed by atoms with Crippen LogP contribution in [-0.4, -0.2) is 37.2 Å². The Morgan fingerprint density at radius 1 is 1.19 bits per heavy atom. The Kier molecular flexibility index (Phi) is 6.12. The van der Waals surface area contributed by atoms with Crippen molar-refractivity contribution >= 4 is 11.5 Å². The predicted octanol–water partition coefficient (Wildman–Crippen LogP) is 4.13. The first-order valence-corrected chi connectivity index (χ1v) is 9.56. The van der Waals surface area contributed by atoms with Crippen molar-refractivity contribution in [1.29, 1.82) is 0 Å². The maximum Gasteiger partial charge on any atom is 0.158 e. The normalized spacial score (nSPS) is 15.5. The highest BCUT2D eigenvalue weighted by Gasteiger charge is 2.22. The third-order valence-corrected chi connectivity index (χ3v) is 4.81. The Balaban J connectivity index is 2.13. The van der Waals surface area contributed by atoms with Crippen LogP contribution in [0.4, 0.5) is 11.5 Å². The fourth-order valence-corrected chi connectivity index (χ4v) is 3.37. The van der Waals surface area contributed by atoms with E-state index in [1.54, 1.807) is 0 Å². The summed E-state index contributed by atoms with van der Waals surface area (Å²) < 4.78 is 0. The van der Waals surface area contributed by atoms with Gasteiger partial charge in [0.15, 0.2) is 5.82 Å². The molecule has 0 radical (unpaired) electrons. The molecule has 2 aromatic rings. The second-order valence-electron chi connectivity index (χ2n) is 6.90. The number of pyridine rings is 2.